The summed E-state index contributed by atoms with van der Waals surface area (Å²) in [5.41, 5.74) is -0.319. The van der Waals surface area contributed by atoms with Gasteiger partial charge in [0.15, 0.2) is 6.10 Å². The van der Waals surface area contributed by atoms with Crippen molar-refractivity contribution < 1.29 is 37.5 Å². The minimum absolute atomic E-state index is 0.107. The van der Waals surface area contributed by atoms with Gasteiger partial charge in [-0.2, -0.15) is 0 Å². The molecule has 1 saturated carbocycles. The van der Waals surface area contributed by atoms with E-state index in [-0.39, 0.29) is 34.6 Å². The van der Waals surface area contributed by atoms with Gasteiger partial charge in [0.25, 0.3) is 17.7 Å². The molecule has 13 heteroatoms. The summed E-state index contributed by atoms with van der Waals surface area (Å²) in [6.45, 7) is 1.78. The maximum atomic E-state index is 13.0. The van der Waals surface area contributed by atoms with Gasteiger partial charge in [0.2, 0.25) is 11.7 Å². The Labute approximate surface area is 198 Å². The molecular weight excluding hydrogens is 478 g/mol. The number of benzene rings is 1. The molecule has 2 aliphatic rings. The highest BCUT2D eigenvalue weighted by molar-refractivity contribution is 6.38. The Morgan fingerprint density at radius 3 is 2.53 bits per heavy atom. The summed E-state index contributed by atoms with van der Waals surface area (Å²) in [4.78, 5) is 61.7. The molecule has 4 N–H and O–H groups in total. The number of Topliss-reactive ketones (excluding diaryl/α,β-unsaturated/α-hetero) is 1. The lowest BCUT2D eigenvalue weighted by Crippen LogP contribution is -2.48. The summed E-state index contributed by atoms with van der Waals surface area (Å²) < 4.78 is 30.6. The molecule has 0 bridgehead atoms. The van der Waals surface area contributed by atoms with Crippen LogP contribution in [-0.4, -0.2) is 60.8 Å². The first kappa shape index (κ1) is 25.3. The Hall–Kier alpha value is -3.28. The summed E-state index contributed by atoms with van der Waals surface area (Å²) in [5, 5.41) is 9.63. The summed E-state index contributed by atoms with van der Waals surface area (Å²) in [6.07, 6.45) is -3.06. The number of ketones is 1. The van der Waals surface area contributed by atoms with Crippen LogP contribution in [0.5, 0.6) is 0 Å². The minimum atomic E-state index is -3.09. The van der Waals surface area contributed by atoms with Gasteiger partial charge < -0.3 is 20.7 Å². The summed E-state index contributed by atoms with van der Waals surface area (Å²) in [5.74, 6) is -6.81. The first-order valence-electron chi connectivity index (χ1n) is 10.4. The van der Waals surface area contributed by atoms with Gasteiger partial charge >= 0.3 is 6.09 Å². The molecular formula is C21H23ClF2N4O6. The minimum Gasteiger partial charge on any atom is -0.439 e. The molecule has 1 aromatic rings. The van der Waals surface area contributed by atoms with Crippen molar-refractivity contribution in [3.8, 4) is 0 Å². The van der Waals surface area contributed by atoms with E-state index in [4.69, 9.17) is 11.6 Å². The average Bonchev–Trinajstić information content (AvgIpc) is 3.23. The maximum absolute atomic E-state index is 13.0. The summed E-state index contributed by atoms with van der Waals surface area (Å²) in [6, 6.07) is 2.31. The van der Waals surface area contributed by atoms with Crippen molar-refractivity contribution in [2.75, 3.05) is 12.4 Å². The van der Waals surface area contributed by atoms with Crippen molar-refractivity contribution >= 4 is 46.9 Å². The number of carbonyl (C=O) groups excluding carboxylic acids is 5. The van der Waals surface area contributed by atoms with E-state index in [0.717, 1.165) is 0 Å². The van der Waals surface area contributed by atoms with E-state index in [1.54, 1.807) is 6.92 Å². The monoisotopic (exact) mass is 500 g/mol. The van der Waals surface area contributed by atoms with Gasteiger partial charge in [-0.1, -0.05) is 11.6 Å². The fourth-order valence-corrected chi connectivity index (χ4v) is 3.76. The molecule has 0 radical (unpaired) electrons. The average molecular weight is 501 g/mol. The topological polar surface area (TPSA) is 143 Å². The number of anilines is 1. The fraction of sp³-hybridized carbons (Fsp3) is 0.476. The second-order valence-electron chi connectivity index (χ2n) is 8.22. The van der Waals surface area contributed by atoms with E-state index >= 15 is 0 Å². The van der Waals surface area contributed by atoms with Crippen LogP contribution in [0.25, 0.3) is 0 Å². The quantitative estimate of drug-likeness (QED) is 0.399. The Morgan fingerprint density at radius 2 is 1.97 bits per heavy atom. The predicted molar refractivity (Wildman–Crippen MR) is 116 cm³/mol. The molecule has 0 aromatic heterocycles. The molecule has 10 nitrogen and oxygen atoms in total. The lowest BCUT2D eigenvalue weighted by Gasteiger charge is -2.20. The van der Waals surface area contributed by atoms with E-state index < -0.39 is 54.1 Å². The molecule has 1 aliphatic carbocycles. The van der Waals surface area contributed by atoms with Crippen LogP contribution in [0.3, 0.4) is 0 Å². The molecule has 0 spiro atoms. The lowest BCUT2D eigenvalue weighted by atomic mass is 9.93. The summed E-state index contributed by atoms with van der Waals surface area (Å²) >= 11 is 5.97. The van der Waals surface area contributed by atoms with Gasteiger partial charge in [0.1, 0.15) is 0 Å². The van der Waals surface area contributed by atoms with Gasteiger partial charge in [-0.3, -0.25) is 24.5 Å². The van der Waals surface area contributed by atoms with Crippen molar-refractivity contribution in [1.82, 2.24) is 16.0 Å². The van der Waals surface area contributed by atoms with Crippen LogP contribution in [0.4, 0.5) is 19.3 Å². The Kier molecular flexibility index (Phi) is 7.39. The summed E-state index contributed by atoms with van der Waals surface area (Å²) in [7, 11) is 1.25. The molecule has 1 saturated heterocycles. The molecule has 34 heavy (non-hydrogen) atoms. The van der Waals surface area contributed by atoms with Crippen molar-refractivity contribution in [1.29, 1.82) is 0 Å². The van der Waals surface area contributed by atoms with Gasteiger partial charge in [-0.15, -0.1) is 0 Å². The van der Waals surface area contributed by atoms with Crippen LogP contribution in [0, 0.1) is 5.92 Å². The lowest BCUT2D eigenvalue weighted by molar-refractivity contribution is -0.139. The molecule has 2 unspecified atom stereocenters. The number of hydrogen-bond donors (Lipinski definition) is 4. The normalized spacial score (nSPS) is 23.3. The molecule has 3 rings (SSSR count). The third kappa shape index (κ3) is 5.99. The Bertz CT molecular complexity index is 1040. The first-order valence-corrected chi connectivity index (χ1v) is 10.8. The van der Waals surface area contributed by atoms with Crippen LogP contribution in [0.15, 0.2) is 18.2 Å². The maximum Gasteiger partial charge on any atom is 0.412 e. The highest BCUT2D eigenvalue weighted by Crippen LogP contribution is 2.44. The largest absolute Gasteiger partial charge is 0.439 e. The van der Waals surface area contributed by atoms with E-state index in [1.165, 1.54) is 25.2 Å². The number of amides is 4. The Balaban J connectivity index is 1.77. The number of likely N-dealkylation sites (N-methyl/N-ethyl adjacent to an activating group) is 1. The third-order valence-electron chi connectivity index (χ3n) is 5.47. The van der Waals surface area contributed by atoms with Gasteiger partial charge in [0, 0.05) is 24.0 Å². The van der Waals surface area contributed by atoms with Gasteiger partial charge in [0.05, 0.1) is 23.7 Å². The zero-order valence-corrected chi connectivity index (χ0v) is 19.0. The van der Waals surface area contributed by atoms with Gasteiger partial charge in [-0.25, -0.2) is 13.6 Å². The highest BCUT2D eigenvalue weighted by atomic mass is 35.5. The van der Waals surface area contributed by atoms with Crippen LogP contribution >= 0.6 is 11.6 Å². The number of ether oxygens (including phenoxy) is 1. The number of alkyl halides is 2. The second kappa shape index (κ2) is 9.92. The number of carbonyl (C=O) groups is 5. The highest BCUT2D eigenvalue weighted by Gasteiger charge is 2.60. The third-order valence-corrected chi connectivity index (χ3v) is 5.71. The van der Waals surface area contributed by atoms with Crippen LogP contribution < -0.4 is 21.3 Å². The van der Waals surface area contributed by atoms with Crippen molar-refractivity contribution in [3.63, 3.8) is 0 Å². The van der Waals surface area contributed by atoms with Crippen LogP contribution in [-0.2, 0) is 19.1 Å². The molecule has 1 aromatic carbocycles. The molecule has 1 heterocycles. The number of rotatable bonds is 8. The first-order chi connectivity index (χ1) is 15.9. The van der Waals surface area contributed by atoms with E-state index in [9.17, 15) is 32.8 Å². The van der Waals surface area contributed by atoms with E-state index in [1.807, 2.05) is 0 Å². The Morgan fingerprint density at radius 1 is 1.29 bits per heavy atom. The van der Waals surface area contributed by atoms with Gasteiger partial charge in [-0.05, 0) is 38.0 Å². The smallest absolute Gasteiger partial charge is 0.412 e. The zero-order valence-electron chi connectivity index (χ0n) is 18.2. The number of hydrogen-bond acceptors (Lipinski definition) is 6. The fourth-order valence-electron chi connectivity index (χ4n) is 3.59. The van der Waals surface area contributed by atoms with Crippen LogP contribution in [0.1, 0.15) is 36.5 Å². The van der Waals surface area contributed by atoms with E-state index in [2.05, 4.69) is 26.0 Å². The predicted octanol–water partition coefficient (Wildman–Crippen LogP) is 1.62. The zero-order chi connectivity index (χ0) is 25.2. The van der Waals surface area contributed by atoms with Crippen molar-refractivity contribution in [3.05, 3.63) is 28.8 Å². The second-order valence-corrected chi connectivity index (χ2v) is 8.66. The van der Waals surface area contributed by atoms with Crippen LogP contribution in [0.2, 0.25) is 5.02 Å². The number of nitrogens with one attached hydrogen (secondary N) is 4. The molecule has 2 fully saturated rings. The molecule has 184 valence electrons. The van der Waals surface area contributed by atoms with E-state index in [0.29, 0.717) is 6.42 Å². The molecule has 1 aliphatic heterocycles. The standard InChI is InChI=1S/C21H23ClF2N4O6/c1-9-5-10(17(30)26-9)6-14(16(29)19(32)25-2)27-18(31)12-7-11(22)3-4-13(12)28-20(33)34-15-8-21(15,23)24/h3-4,7,9-10,14-15H,5-6,8H2,1-2H3,(H,25,32)(H,26,30)(H,27,31)(H,28,33)/t9-,10+,14?,15?/m1/s1. The van der Waals surface area contributed by atoms with Crippen molar-refractivity contribution in [2.45, 2.75) is 50.3 Å². The molecule has 4 atom stereocenters. The molecule has 4 amide bonds. The SMILES string of the molecule is CNC(=O)C(=O)C(C[C@@H]1C[C@@H](C)NC1=O)NC(=O)c1cc(Cl)ccc1NC(=O)OC1CC1(F)F. The number of halogens is 3. The van der Waals surface area contributed by atoms with Crippen molar-refractivity contribution in [2.24, 2.45) is 5.92 Å².